The quantitative estimate of drug-likeness (QED) is 0.813. The van der Waals surface area contributed by atoms with Gasteiger partial charge in [-0.25, -0.2) is 0 Å². The second-order valence-corrected chi connectivity index (χ2v) is 4.64. The van der Waals surface area contributed by atoms with Gasteiger partial charge in [0, 0.05) is 6.07 Å². The summed E-state index contributed by atoms with van der Waals surface area (Å²) < 4.78 is 49.0. The molecule has 0 unspecified atom stereocenters. The van der Waals surface area contributed by atoms with Crippen molar-refractivity contribution >= 4 is 0 Å². The molecule has 0 amide bonds. The second-order valence-electron chi connectivity index (χ2n) is 4.64. The SMILES string of the molecule is CC(C)Oc1cc(OC2CC2)ccc1C(F)(F)F. The van der Waals surface area contributed by atoms with Crippen LogP contribution in [0.15, 0.2) is 18.2 Å². The van der Waals surface area contributed by atoms with Gasteiger partial charge in [0.2, 0.25) is 0 Å². The standard InChI is InChI=1S/C13H15F3O2/c1-8(2)17-12-7-10(18-9-3-4-9)5-6-11(12)13(14,15)16/h5-9H,3-4H2,1-2H3. The average Bonchev–Trinajstić information content (AvgIpc) is 2.98. The van der Waals surface area contributed by atoms with Gasteiger partial charge >= 0.3 is 6.18 Å². The monoisotopic (exact) mass is 260 g/mol. The Morgan fingerprint density at radius 1 is 1.22 bits per heavy atom. The highest BCUT2D eigenvalue weighted by atomic mass is 19.4. The summed E-state index contributed by atoms with van der Waals surface area (Å²) in [6.45, 7) is 3.38. The molecule has 5 heteroatoms. The van der Waals surface area contributed by atoms with Gasteiger partial charge in [-0.2, -0.15) is 13.2 Å². The fourth-order valence-electron chi connectivity index (χ4n) is 1.54. The van der Waals surface area contributed by atoms with Crippen LogP contribution in [0.5, 0.6) is 11.5 Å². The van der Waals surface area contributed by atoms with Crippen molar-refractivity contribution in [1.82, 2.24) is 0 Å². The second kappa shape index (κ2) is 4.71. The van der Waals surface area contributed by atoms with Crippen LogP contribution in [0.2, 0.25) is 0 Å². The van der Waals surface area contributed by atoms with Crippen molar-refractivity contribution in [2.24, 2.45) is 0 Å². The third kappa shape index (κ3) is 3.31. The fourth-order valence-corrected chi connectivity index (χ4v) is 1.54. The molecule has 0 aromatic heterocycles. The lowest BCUT2D eigenvalue weighted by molar-refractivity contribution is -0.139. The molecule has 18 heavy (non-hydrogen) atoms. The van der Waals surface area contributed by atoms with E-state index < -0.39 is 11.7 Å². The molecule has 2 rings (SSSR count). The van der Waals surface area contributed by atoms with Crippen molar-refractivity contribution in [3.63, 3.8) is 0 Å². The van der Waals surface area contributed by atoms with Crippen LogP contribution < -0.4 is 9.47 Å². The minimum absolute atomic E-state index is 0.147. The number of hydrogen-bond acceptors (Lipinski definition) is 2. The molecule has 1 aromatic carbocycles. The summed E-state index contributed by atoms with van der Waals surface area (Å²) in [5.74, 6) is 0.261. The van der Waals surface area contributed by atoms with Crippen molar-refractivity contribution in [3.8, 4) is 11.5 Å². The predicted octanol–water partition coefficient (Wildman–Crippen LogP) is 4.03. The van der Waals surface area contributed by atoms with Gasteiger partial charge in [-0.15, -0.1) is 0 Å². The zero-order valence-electron chi connectivity index (χ0n) is 10.3. The Morgan fingerprint density at radius 3 is 2.39 bits per heavy atom. The van der Waals surface area contributed by atoms with Crippen LogP contribution in [0.4, 0.5) is 13.2 Å². The van der Waals surface area contributed by atoms with Crippen LogP contribution in [0.1, 0.15) is 32.3 Å². The summed E-state index contributed by atoms with van der Waals surface area (Å²) in [5.41, 5.74) is -0.764. The van der Waals surface area contributed by atoms with Gasteiger partial charge in [-0.1, -0.05) is 0 Å². The number of alkyl halides is 3. The van der Waals surface area contributed by atoms with E-state index in [1.54, 1.807) is 13.8 Å². The lowest BCUT2D eigenvalue weighted by Gasteiger charge is -2.17. The predicted molar refractivity (Wildman–Crippen MR) is 60.9 cm³/mol. The van der Waals surface area contributed by atoms with Crippen LogP contribution in [0.25, 0.3) is 0 Å². The Hall–Kier alpha value is -1.39. The van der Waals surface area contributed by atoms with Crippen molar-refractivity contribution in [1.29, 1.82) is 0 Å². The number of rotatable bonds is 4. The summed E-state index contributed by atoms with van der Waals surface area (Å²) in [6.07, 6.45) is -2.67. The van der Waals surface area contributed by atoms with E-state index in [1.165, 1.54) is 12.1 Å². The van der Waals surface area contributed by atoms with Gasteiger partial charge in [0.25, 0.3) is 0 Å². The van der Waals surface area contributed by atoms with Crippen molar-refractivity contribution in [2.75, 3.05) is 0 Å². The molecule has 0 aliphatic heterocycles. The van der Waals surface area contributed by atoms with Gasteiger partial charge in [0.05, 0.1) is 17.8 Å². The Balaban J connectivity index is 2.27. The maximum absolute atomic E-state index is 12.8. The first-order valence-electron chi connectivity index (χ1n) is 5.91. The highest BCUT2D eigenvalue weighted by molar-refractivity contribution is 5.42. The Morgan fingerprint density at radius 2 is 1.89 bits per heavy atom. The number of benzene rings is 1. The molecule has 1 saturated carbocycles. The minimum Gasteiger partial charge on any atom is -0.490 e. The molecule has 0 N–H and O–H groups in total. The molecule has 100 valence electrons. The van der Waals surface area contributed by atoms with Crippen molar-refractivity contribution < 1.29 is 22.6 Å². The first-order valence-corrected chi connectivity index (χ1v) is 5.91. The van der Waals surface area contributed by atoms with E-state index >= 15 is 0 Å². The maximum Gasteiger partial charge on any atom is 0.419 e. The molecular weight excluding hydrogens is 245 g/mol. The van der Waals surface area contributed by atoms with Crippen molar-refractivity contribution in [3.05, 3.63) is 23.8 Å². The number of hydrogen-bond donors (Lipinski definition) is 0. The lowest BCUT2D eigenvalue weighted by atomic mass is 10.2. The van der Waals surface area contributed by atoms with E-state index in [1.807, 2.05) is 0 Å². The summed E-state index contributed by atoms with van der Waals surface area (Å²) >= 11 is 0. The molecule has 0 bridgehead atoms. The molecule has 2 nitrogen and oxygen atoms in total. The molecule has 1 aromatic rings. The Bertz CT molecular complexity index is 423. The van der Waals surface area contributed by atoms with Gasteiger partial charge in [-0.05, 0) is 38.8 Å². The average molecular weight is 260 g/mol. The van der Waals surface area contributed by atoms with E-state index in [9.17, 15) is 13.2 Å². The molecule has 1 fully saturated rings. The molecule has 0 heterocycles. The summed E-state index contributed by atoms with van der Waals surface area (Å²) in [5, 5.41) is 0. The van der Waals surface area contributed by atoms with Crippen LogP contribution in [0.3, 0.4) is 0 Å². The topological polar surface area (TPSA) is 18.5 Å². The fraction of sp³-hybridized carbons (Fsp3) is 0.538. The number of halogens is 3. The molecule has 0 atom stereocenters. The summed E-state index contributed by atoms with van der Waals surface area (Å²) in [6, 6.07) is 3.67. The third-order valence-corrected chi connectivity index (χ3v) is 2.45. The number of ether oxygens (including phenoxy) is 2. The molecule has 0 saturated heterocycles. The Labute approximate surface area is 104 Å². The highest BCUT2D eigenvalue weighted by Gasteiger charge is 2.35. The molecule has 1 aliphatic rings. The van der Waals surface area contributed by atoms with E-state index in [2.05, 4.69) is 0 Å². The van der Waals surface area contributed by atoms with Crippen molar-refractivity contribution in [2.45, 2.75) is 45.1 Å². The summed E-state index contributed by atoms with van der Waals surface area (Å²) in [4.78, 5) is 0. The lowest BCUT2D eigenvalue weighted by Crippen LogP contribution is -2.13. The molecule has 0 radical (unpaired) electrons. The molecule has 1 aliphatic carbocycles. The van der Waals surface area contributed by atoms with E-state index in [4.69, 9.17) is 9.47 Å². The van der Waals surface area contributed by atoms with E-state index in [-0.39, 0.29) is 18.0 Å². The highest BCUT2D eigenvalue weighted by Crippen LogP contribution is 2.39. The molecule has 0 spiro atoms. The largest absolute Gasteiger partial charge is 0.490 e. The first-order chi connectivity index (χ1) is 8.36. The van der Waals surface area contributed by atoms with Gasteiger partial charge in [-0.3, -0.25) is 0 Å². The van der Waals surface area contributed by atoms with E-state index in [0.29, 0.717) is 5.75 Å². The normalized spacial score (nSPS) is 15.9. The van der Waals surface area contributed by atoms with Gasteiger partial charge < -0.3 is 9.47 Å². The zero-order chi connectivity index (χ0) is 13.3. The summed E-state index contributed by atoms with van der Waals surface area (Å²) in [7, 11) is 0. The van der Waals surface area contributed by atoms with Crippen LogP contribution >= 0.6 is 0 Å². The van der Waals surface area contributed by atoms with Gasteiger partial charge in [0.1, 0.15) is 11.5 Å². The van der Waals surface area contributed by atoms with Crippen LogP contribution in [0, 0.1) is 0 Å². The third-order valence-electron chi connectivity index (χ3n) is 2.45. The smallest absolute Gasteiger partial charge is 0.419 e. The van der Waals surface area contributed by atoms with E-state index in [0.717, 1.165) is 18.9 Å². The molecular formula is C13H15F3O2. The zero-order valence-corrected chi connectivity index (χ0v) is 10.3. The Kier molecular flexibility index (Phi) is 3.41. The van der Waals surface area contributed by atoms with Crippen LogP contribution in [-0.4, -0.2) is 12.2 Å². The minimum atomic E-state index is -4.41. The first kappa shape index (κ1) is 13.1. The van der Waals surface area contributed by atoms with Crippen LogP contribution in [-0.2, 0) is 6.18 Å². The van der Waals surface area contributed by atoms with Gasteiger partial charge in [0.15, 0.2) is 0 Å². The maximum atomic E-state index is 12.8.